The molecule has 3 heteroatoms. The van der Waals surface area contributed by atoms with Crippen LogP contribution in [0.5, 0.6) is 0 Å². The molecule has 0 aromatic heterocycles. The van der Waals surface area contributed by atoms with Gasteiger partial charge in [-0.2, -0.15) is 0 Å². The van der Waals surface area contributed by atoms with E-state index in [9.17, 15) is 4.79 Å². The molecule has 0 aliphatic carbocycles. The van der Waals surface area contributed by atoms with Gasteiger partial charge in [-0.3, -0.25) is 4.79 Å². The molecule has 0 aromatic rings. The molecule has 0 saturated carbocycles. The Balaban J connectivity index is -0.000000769. The molecular weight excluding hydrogens is 576 g/mol. The summed E-state index contributed by atoms with van der Waals surface area (Å²) in [6.45, 7) is 23.4. The lowest BCUT2D eigenvalue weighted by Crippen LogP contribution is -2.11. The Hall–Kier alpha value is -0.990. The van der Waals surface area contributed by atoms with Gasteiger partial charge in [0.05, 0.1) is 19.0 Å². The van der Waals surface area contributed by atoms with Crippen molar-refractivity contribution in [1.29, 1.82) is 0 Å². The van der Waals surface area contributed by atoms with E-state index in [0.717, 1.165) is 37.5 Å². The van der Waals surface area contributed by atoms with Gasteiger partial charge in [-0.05, 0) is 43.9 Å². The quantitative estimate of drug-likeness (QED) is 0.0397. The normalized spacial score (nSPS) is 11.9. The van der Waals surface area contributed by atoms with Crippen LogP contribution in [0.2, 0.25) is 0 Å². The molecule has 0 N–H and O–H groups in total. The van der Waals surface area contributed by atoms with Crippen molar-refractivity contribution in [2.24, 2.45) is 11.8 Å². The maximum Gasteiger partial charge on any atom is 0.305 e. The van der Waals surface area contributed by atoms with Crippen LogP contribution in [0.25, 0.3) is 0 Å². The molecule has 0 aromatic carbocycles. The average Bonchev–Trinajstić information content (AvgIpc) is 3.08. The number of hydrogen-bond acceptors (Lipinski definition) is 3. The Morgan fingerprint density at radius 1 is 0.447 bits per heavy atom. The molecule has 0 fully saturated rings. The fourth-order valence-corrected chi connectivity index (χ4v) is 5.45. The number of rotatable bonds is 33. The maximum absolute atomic E-state index is 11.5. The standard InChI is InChI=1S/C24H48O.C16H32O2.C4H10/c1-5-8-11-14-15-18-21-24(20-17-13-10-7-3)22-25-23(4)19-16-12-9-6-2;1-4-6-8-10-12-15(3)14-18-16(17)13-11-9-7-5-2;1-3-4-2/h24H,4-22H2,1-3H3;15H,4-14H2,1-3H3;3-4H2,1-2H3. The van der Waals surface area contributed by atoms with Gasteiger partial charge in [0.25, 0.3) is 0 Å². The lowest BCUT2D eigenvalue weighted by molar-refractivity contribution is -0.145. The zero-order valence-electron chi connectivity index (χ0n) is 34.0. The van der Waals surface area contributed by atoms with E-state index >= 15 is 0 Å². The van der Waals surface area contributed by atoms with Crippen molar-refractivity contribution >= 4 is 5.97 Å². The van der Waals surface area contributed by atoms with Crippen molar-refractivity contribution < 1.29 is 14.3 Å². The first kappa shape index (κ1) is 50.4. The summed E-state index contributed by atoms with van der Waals surface area (Å²) in [4.78, 5) is 11.5. The van der Waals surface area contributed by atoms with Crippen molar-refractivity contribution in [2.45, 2.75) is 242 Å². The summed E-state index contributed by atoms with van der Waals surface area (Å²) in [6.07, 6.45) is 37.0. The summed E-state index contributed by atoms with van der Waals surface area (Å²) in [5.74, 6) is 2.28. The summed E-state index contributed by atoms with van der Waals surface area (Å²) in [5.41, 5.74) is 0. The molecule has 0 heterocycles. The van der Waals surface area contributed by atoms with Gasteiger partial charge in [0.2, 0.25) is 0 Å². The number of ether oxygens (including phenoxy) is 2. The molecule has 0 bridgehead atoms. The van der Waals surface area contributed by atoms with Gasteiger partial charge >= 0.3 is 5.97 Å². The van der Waals surface area contributed by atoms with Crippen molar-refractivity contribution in [3.63, 3.8) is 0 Å². The Labute approximate surface area is 298 Å². The van der Waals surface area contributed by atoms with Gasteiger partial charge in [0.1, 0.15) is 0 Å². The van der Waals surface area contributed by atoms with Crippen molar-refractivity contribution in [2.75, 3.05) is 13.2 Å². The van der Waals surface area contributed by atoms with E-state index in [4.69, 9.17) is 9.47 Å². The van der Waals surface area contributed by atoms with Crippen molar-refractivity contribution in [3.05, 3.63) is 12.3 Å². The molecular formula is C44H90O3. The molecule has 0 saturated heterocycles. The van der Waals surface area contributed by atoms with Gasteiger partial charge < -0.3 is 9.47 Å². The fourth-order valence-electron chi connectivity index (χ4n) is 5.45. The zero-order valence-corrected chi connectivity index (χ0v) is 34.0. The Morgan fingerprint density at radius 3 is 1.30 bits per heavy atom. The number of carbonyl (C=O) groups is 1. The Kier molecular flexibility index (Phi) is 48.3. The highest BCUT2D eigenvalue weighted by Gasteiger charge is 2.11. The molecule has 0 radical (unpaired) electrons. The van der Waals surface area contributed by atoms with E-state index in [1.807, 2.05) is 0 Å². The van der Waals surface area contributed by atoms with Gasteiger partial charge in [0.15, 0.2) is 0 Å². The van der Waals surface area contributed by atoms with Gasteiger partial charge in [-0.15, -0.1) is 0 Å². The number of esters is 1. The van der Waals surface area contributed by atoms with E-state index < -0.39 is 0 Å². The molecule has 284 valence electrons. The smallest absolute Gasteiger partial charge is 0.305 e. The largest absolute Gasteiger partial charge is 0.498 e. The van der Waals surface area contributed by atoms with E-state index in [-0.39, 0.29) is 5.97 Å². The average molecular weight is 667 g/mol. The number of allylic oxidation sites excluding steroid dienone is 1. The topological polar surface area (TPSA) is 35.5 Å². The van der Waals surface area contributed by atoms with E-state index in [2.05, 4.69) is 62.0 Å². The second-order valence-electron chi connectivity index (χ2n) is 14.4. The molecule has 0 aliphatic rings. The second kappa shape index (κ2) is 45.0. The lowest BCUT2D eigenvalue weighted by Gasteiger charge is -2.19. The first-order valence-corrected chi connectivity index (χ1v) is 21.3. The molecule has 0 rings (SSSR count). The summed E-state index contributed by atoms with van der Waals surface area (Å²) in [6, 6.07) is 0. The van der Waals surface area contributed by atoms with Crippen LogP contribution in [0.3, 0.4) is 0 Å². The SMILES string of the molecule is C=C(CCCCCC)OCC(CCCCCC)CCCCCCCC.CCCC.CCCCCCC(=O)OCC(C)CCCCCC. The Bertz CT molecular complexity index is 585. The summed E-state index contributed by atoms with van der Waals surface area (Å²) in [5, 5.41) is 0. The third-order valence-corrected chi connectivity index (χ3v) is 9.08. The number of hydrogen-bond donors (Lipinski definition) is 0. The fraction of sp³-hybridized carbons (Fsp3) is 0.932. The first-order chi connectivity index (χ1) is 22.9. The van der Waals surface area contributed by atoms with E-state index in [0.29, 0.717) is 18.9 Å². The highest BCUT2D eigenvalue weighted by Crippen LogP contribution is 2.21. The highest BCUT2D eigenvalue weighted by atomic mass is 16.5. The molecule has 3 nitrogen and oxygen atoms in total. The minimum atomic E-state index is -0.00786. The van der Waals surface area contributed by atoms with Crippen LogP contribution in [0, 0.1) is 11.8 Å². The van der Waals surface area contributed by atoms with Gasteiger partial charge in [-0.25, -0.2) is 0 Å². The molecule has 0 amide bonds. The second-order valence-corrected chi connectivity index (χ2v) is 14.4. The molecule has 0 spiro atoms. The summed E-state index contributed by atoms with van der Waals surface area (Å²) in [7, 11) is 0. The molecule has 2 unspecified atom stereocenters. The lowest BCUT2D eigenvalue weighted by atomic mass is 9.95. The van der Waals surface area contributed by atoms with E-state index in [1.54, 1.807) is 0 Å². The van der Waals surface area contributed by atoms with Crippen LogP contribution in [0.1, 0.15) is 242 Å². The summed E-state index contributed by atoms with van der Waals surface area (Å²) >= 11 is 0. The van der Waals surface area contributed by atoms with Crippen LogP contribution in [-0.4, -0.2) is 19.2 Å². The molecule has 2 atom stereocenters. The van der Waals surface area contributed by atoms with E-state index in [1.165, 1.54) is 161 Å². The third-order valence-electron chi connectivity index (χ3n) is 9.08. The Morgan fingerprint density at radius 2 is 0.830 bits per heavy atom. The van der Waals surface area contributed by atoms with Crippen molar-refractivity contribution in [1.82, 2.24) is 0 Å². The summed E-state index contributed by atoms with van der Waals surface area (Å²) < 4.78 is 11.3. The minimum Gasteiger partial charge on any atom is -0.498 e. The van der Waals surface area contributed by atoms with Crippen molar-refractivity contribution in [3.8, 4) is 0 Å². The van der Waals surface area contributed by atoms with Crippen LogP contribution in [0.15, 0.2) is 12.3 Å². The predicted molar refractivity (Wildman–Crippen MR) is 212 cm³/mol. The van der Waals surface area contributed by atoms with Crippen LogP contribution in [0.4, 0.5) is 0 Å². The molecule has 47 heavy (non-hydrogen) atoms. The monoisotopic (exact) mass is 667 g/mol. The number of carbonyl (C=O) groups excluding carboxylic acids is 1. The van der Waals surface area contributed by atoms with Gasteiger partial charge in [-0.1, -0.05) is 203 Å². The molecule has 0 aliphatic heterocycles. The minimum absolute atomic E-state index is 0.00786. The van der Waals surface area contributed by atoms with Crippen LogP contribution >= 0.6 is 0 Å². The van der Waals surface area contributed by atoms with Crippen LogP contribution in [-0.2, 0) is 14.3 Å². The predicted octanol–water partition coefficient (Wildman–Crippen LogP) is 15.7. The third kappa shape index (κ3) is 47.2. The maximum atomic E-state index is 11.5. The van der Waals surface area contributed by atoms with Crippen LogP contribution < -0.4 is 0 Å². The first-order valence-electron chi connectivity index (χ1n) is 21.3. The number of unbranched alkanes of at least 4 members (excludes halogenated alkanes) is 18. The highest BCUT2D eigenvalue weighted by molar-refractivity contribution is 5.69. The zero-order chi connectivity index (χ0) is 35.6. The van der Waals surface area contributed by atoms with Gasteiger partial charge in [0, 0.05) is 12.8 Å².